The maximum absolute atomic E-state index is 14.0. The van der Waals surface area contributed by atoms with E-state index in [4.69, 9.17) is 15.6 Å². The number of amidine groups is 1. The number of aliphatic imine (C=N–C) groups is 1. The maximum Gasteiger partial charge on any atom is 0.490 e. The quantitative estimate of drug-likeness (QED) is 0.484. The van der Waals surface area contributed by atoms with Gasteiger partial charge in [0.15, 0.2) is 5.54 Å². The molecule has 170 valence electrons. The number of aliphatic carboxylic acids is 1. The minimum absolute atomic E-state index is 0.00747. The van der Waals surface area contributed by atoms with Crippen LogP contribution in [-0.4, -0.2) is 37.3 Å². The van der Waals surface area contributed by atoms with Gasteiger partial charge in [-0.15, -0.1) is 11.3 Å². The van der Waals surface area contributed by atoms with Crippen LogP contribution in [0, 0.1) is 0 Å². The van der Waals surface area contributed by atoms with Gasteiger partial charge in [-0.3, -0.25) is 0 Å². The minimum Gasteiger partial charge on any atom is -0.475 e. The Bertz CT molecular complexity index is 980. The predicted octanol–water partition coefficient (Wildman–Crippen LogP) is 4.65. The second-order valence-corrected chi connectivity index (χ2v) is 14.4. The van der Waals surface area contributed by atoms with Gasteiger partial charge < -0.3 is 10.8 Å². The first-order valence-corrected chi connectivity index (χ1v) is 13.2. The van der Waals surface area contributed by atoms with E-state index in [2.05, 4.69) is 24.6 Å². The molecular weight excluding hydrogens is 462 g/mol. The van der Waals surface area contributed by atoms with E-state index in [-0.39, 0.29) is 17.8 Å². The van der Waals surface area contributed by atoms with Gasteiger partial charge in [0.25, 0.3) is 0 Å². The summed E-state index contributed by atoms with van der Waals surface area (Å²) in [5.74, 6) is -2.76. The highest BCUT2D eigenvalue weighted by Crippen LogP contribution is 2.48. The van der Waals surface area contributed by atoms with Gasteiger partial charge in [0.1, 0.15) is 5.84 Å². The number of nitrogens with two attached hydrogens (primary N) is 1. The molecule has 0 amide bonds. The summed E-state index contributed by atoms with van der Waals surface area (Å²) in [6.07, 6.45) is -9.80. The van der Waals surface area contributed by atoms with Gasteiger partial charge >= 0.3 is 18.3 Å². The van der Waals surface area contributed by atoms with Gasteiger partial charge in [-0.25, -0.2) is 9.79 Å². The van der Waals surface area contributed by atoms with Gasteiger partial charge in [-0.1, -0.05) is 50.0 Å². The number of halogens is 6. The summed E-state index contributed by atoms with van der Waals surface area (Å²) in [5, 5.41) is 7.12. The van der Waals surface area contributed by atoms with E-state index in [1.165, 1.54) is 23.5 Å². The van der Waals surface area contributed by atoms with Crippen molar-refractivity contribution in [3.05, 3.63) is 52.4 Å². The topological polar surface area (TPSA) is 75.7 Å². The molecule has 3 rings (SSSR count). The number of thiophene rings is 1. The molecule has 1 aromatic heterocycles. The Morgan fingerprint density at radius 1 is 1.13 bits per heavy atom. The summed E-state index contributed by atoms with van der Waals surface area (Å²) in [4.78, 5) is 13.6. The number of alkyl halides is 6. The molecule has 3 N–H and O–H groups in total. The molecule has 12 heteroatoms. The van der Waals surface area contributed by atoms with Crippen LogP contribution in [0.3, 0.4) is 0 Å². The zero-order chi connectivity index (χ0) is 23.8. The molecule has 1 unspecified atom stereocenters. The van der Waals surface area contributed by atoms with Crippen LogP contribution in [0.15, 0.2) is 41.4 Å². The van der Waals surface area contributed by atoms with E-state index < -0.39 is 31.9 Å². The van der Waals surface area contributed by atoms with Crippen LogP contribution < -0.4 is 10.2 Å². The van der Waals surface area contributed by atoms with Crippen molar-refractivity contribution in [2.24, 2.45) is 10.7 Å². The fourth-order valence-corrected chi connectivity index (χ4v) is 5.90. The summed E-state index contributed by atoms with van der Waals surface area (Å²) in [6.45, 7) is 6.52. The predicted molar refractivity (Wildman–Crippen MR) is 110 cm³/mol. The second kappa shape index (κ2) is 8.30. The lowest BCUT2D eigenvalue weighted by Gasteiger charge is -2.35. The monoisotopic (exact) mass is 482 g/mol. The Kier molecular flexibility index (Phi) is 6.67. The summed E-state index contributed by atoms with van der Waals surface area (Å²) >= 11 is 1.50. The molecule has 0 fully saturated rings. The molecule has 1 aliphatic rings. The van der Waals surface area contributed by atoms with Crippen molar-refractivity contribution in [2.45, 2.75) is 44.0 Å². The number of fused-ring (bicyclic) bond motifs is 1. The number of rotatable bonds is 2. The highest BCUT2D eigenvalue weighted by atomic mass is 32.1. The van der Waals surface area contributed by atoms with Crippen molar-refractivity contribution in [3.63, 3.8) is 0 Å². The van der Waals surface area contributed by atoms with Gasteiger partial charge in [-0.2, -0.15) is 26.3 Å². The minimum atomic E-state index is -5.08. The zero-order valence-corrected chi connectivity index (χ0v) is 18.5. The Balaban J connectivity index is 0.000000423. The third kappa shape index (κ3) is 5.29. The van der Waals surface area contributed by atoms with Crippen molar-refractivity contribution in [1.29, 1.82) is 0 Å². The fraction of sp³-hybridized carbons (Fsp3) is 0.368. The van der Waals surface area contributed by atoms with E-state index in [9.17, 15) is 26.3 Å². The molecule has 2 heterocycles. The number of carbonyl (C=O) groups is 1. The van der Waals surface area contributed by atoms with Gasteiger partial charge in [0.2, 0.25) is 0 Å². The molecular formula is C19H20F6N2O2SSi. The molecule has 1 atom stereocenters. The smallest absolute Gasteiger partial charge is 0.475 e. The van der Waals surface area contributed by atoms with Crippen LogP contribution in [-0.2, 0) is 16.8 Å². The van der Waals surface area contributed by atoms with E-state index >= 15 is 0 Å². The number of nitrogens with zero attached hydrogens (tertiary/aromatic N) is 1. The lowest BCUT2D eigenvalue weighted by atomic mass is 9.82. The Morgan fingerprint density at radius 3 is 2.06 bits per heavy atom. The average molecular weight is 483 g/mol. The molecule has 1 aromatic carbocycles. The van der Waals surface area contributed by atoms with E-state index in [1.807, 2.05) is 6.07 Å². The summed E-state index contributed by atoms with van der Waals surface area (Å²) < 4.78 is 75.0. The highest BCUT2D eigenvalue weighted by Gasteiger charge is 2.58. The van der Waals surface area contributed by atoms with Crippen LogP contribution in [0.1, 0.15) is 16.0 Å². The Labute approximate surface area is 179 Å². The SMILES string of the molecule is C[Si](C)(C)c1cc2c(s1)C(N)=NC(c1ccccc1)(C(F)(F)F)C2.O=C(O)C(F)(F)F. The van der Waals surface area contributed by atoms with Gasteiger partial charge in [0.05, 0.1) is 13.0 Å². The van der Waals surface area contributed by atoms with Crippen LogP contribution in [0.25, 0.3) is 0 Å². The number of benzene rings is 1. The van der Waals surface area contributed by atoms with Crippen LogP contribution in [0.4, 0.5) is 26.3 Å². The van der Waals surface area contributed by atoms with E-state index in [1.54, 1.807) is 18.2 Å². The first-order valence-electron chi connectivity index (χ1n) is 8.90. The summed E-state index contributed by atoms with van der Waals surface area (Å²) in [7, 11) is -1.62. The number of hydrogen-bond donors (Lipinski definition) is 2. The Hall–Kier alpha value is -2.34. The molecule has 31 heavy (non-hydrogen) atoms. The van der Waals surface area contributed by atoms with Crippen LogP contribution in [0.5, 0.6) is 0 Å². The first-order chi connectivity index (χ1) is 14.0. The molecule has 0 bridgehead atoms. The second-order valence-electron chi connectivity index (χ2n) is 7.92. The van der Waals surface area contributed by atoms with Gasteiger partial charge in [0, 0.05) is 6.42 Å². The largest absolute Gasteiger partial charge is 0.490 e. The summed E-state index contributed by atoms with van der Waals surface area (Å²) in [6, 6.07) is 9.76. The third-order valence-corrected chi connectivity index (χ3v) is 9.28. The standard InChI is InChI=1S/C17H19F3N2SSi.C2HF3O2/c1-24(2,3)13-9-11-10-16(17(18,19)20,12-7-5-4-6-8-12)22-15(21)14(11)23-13;3-2(4,5)1(6)7/h4-9H,10H2,1-3H3,(H2,21,22);(H,6,7). The number of carboxylic acids is 1. The Morgan fingerprint density at radius 2 is 1.65 bits per heavy atom. The average Bonchev–Trinajstić information content (AvgIpc) is 3.06. The lowest BCUT2D eigenvalue weighted by Crippen LogP contribution is -2.46. The fourth-order valence-electron chi connectivity index (χ4n) is 2.93. The molecule has 0 saturated heterocycles. The van der Waals surface area contributed by atoms with Crippen LogP contribution >= 0.6 is 11.3 Å². The van der Waals surface area contributed by atoms with Crippen molar-refractivity contribution < 1.29 is 36.2 Å². The van der Waals surface area contributed by atoms with Crippen molar-refractivity contribution in [2.75, 3.05) is 0 Å². The molecule has 0 aliphatic carbocycles. The zero-order valence-electron chi connectivity index (χ0n) is 16.7. The molecule has 4 nitrogen and oxygen atoms in total. The maximum atomic E-state index is 14.0. The van der Waals surface area contributed by atoms with Crippen molar-refractivity contribution >= 4 is 35.7 Å². The third-order valence-electron chi connectivity index (χ3n) is 4.50. The molecule has 1 aliphatic heterocycles. The van der Waals surface area contributed by atoms with Crippen molar-refractivity contribution in [1.82, 2.24) is 0 Å². The highest BCUT2D eigenvalue weighted by molar-refractivity contribution is 7.27. The van der Waals surface area contributed by atoms with Crippen molar-refractivity contribution in [3.8, 4) is 0 Å². The molecule has 0 saturated carbocycles. The number of hydrogen-bond acceptors (Lipinski definition) is 4. The number of carboxylic acid groups (broad SMARTS) is 1. The van der Waals surface area contributed by atoms with Gasteiger partial charge in [-0.05, 0) is 21.7 Å². The van der Waals surface area contributed by atoms with E-state index in [0.29, 0.717) is 10.4 Å². The summed E-state index contributed by atoms with van der Waals surface area (Å²) in [5.41, 5.74) is 4.48. The first kappa shape index (κ1) is 24.9. The van der Waals surface area contributed by atoms with E-state index in [0.717, 1.165) is 4.50 Å². The van der Waals surface area contributed by atoms with Crippen LogP contribution in [0.2, 0.25) is 19.6 Å². The lowest BCUT2D eigenvalue weighted by molar-refractivity contribution is -0.192. The molecule has 0 spiro atoms. The molecule has 2 aromatic rings. The molecule has 0 radical (unpaired) electrons. The normalized spacial score (nSPS) is 19.1.